The highest BCUT2D eigenvalue weighted by molar-refractivity contribution is 6.63. The Morgan fingerprint density at radius 2 is 1.13 bits per heavy atom. The minimum Gasteiger partial charge on any atom is -0.374 e. The molecule has 0 aromatic carbocycles. The van der Waals surface area contributed by atoms with Crippen LogP contribution in [0.3, 0.4) is 0 Å². The summed E-state index contributed by atoms with van der Waals surface area (Å²) in [5, 5.41) is 0. The van der Waals surface area contributed by atoms with Gasteiger partial charge in [-0.05, 0) is 87.0 Å². The van der Waals surface area contributed by atoms with E-state index >= 15 is 0 Å². The minimum atomic E-state index is -3.11. The average Bonchev–Trinajstić information content (AvgIpc) is 2.85. The maximum absolute atomic E-state index is 6.47. The molecule has 0 radical (unpaired) electrons. The fraction of sp³-hybridized carbons (Fsp3) is 0.929. The van der Waals surface area contributed by atoms with Gasteiger partial charge < -0.3 is 26.6 Å². The van der Waals surface area contributed by atoms with Gasteiger partial charge in [0.05, 0.1) is 11.6 Å². The summed E-state index contributed by atoms with van der Waals surface area (Å²) in [4.78, 5) is 10.2. The predicted octanol–water partition coefficient (Wildman–Crippen LogP) is 6.98. The molecule has 0 aliphatic carbocycles. The van der Waals surface area contributed by atoms with Gasteiger partial charge in [0.25, 0.3) is 0 Å². The Morgan fingerprint density at radius 3 is 1.53 bits per heavy atom. The summed E-state index contributed by atoms with van der Waals surface area (Å²) >= 11 is 0. The van der Waals surface area contributed by atoms with Gasteiger partial charge in [-0.3, -0.25) is 9.98 Å². The number of nitrogens with zero attached hydrogens (tertiary/aromatic N) is 2. The lowest BCUT2D eigenvalue weighted by molar-refractivity contribution is 0.0544. The SMILES string of the molecule is CCO[Si](CCC(N=C(C)CC(C)C)C(CCN=C(C)CC)[Si](OCC)(OCC)OCC)(OCC)OCC. The van der Waals surface area contributed by atoms with Crippen LogP contribution in [0.15, 0.2) is 9.98 Å². The van der Waals surface area contributed by atoms with E-state index in [9.17, 15) is 0 Å². The largest absolute Gasteiger partial charge is 0.506 e. The van der Waals surface area contributed by atoms with Crippen molar-refractivity contribution in [3.63, 3.8) is 0 Å². The Hall–Kier alpha value is -0.466. The monoisotopic (exact) mass is 576 g/mol. The van der Waals surface area contributed by atoms with Gasteiger partial charge in [-0.2, -0.15) is 0 Å². The summed E-state index contributed by atoms with van der Waals surface area (Å²) in [5.41, 5.74) is 2.23. The van der Waals surface area contributed by atoms with Gasteiger partial charge in [0.1, 0.15) is 0 Å². The fourth-order valence-corrected chi connectivity index (χ4v) is 10.7. The molecule has 8 nitrogen and oxygen atoms in total. The first-order valence-electron chi connectivity index (χ1n) is 15.0. The van der Waals surface area contributed by atoms with E-state index in [1.807, 2.05) is 41.5 Å². The maximum atomic E-state index is 6.47. The molecule has 2 atom stereocenters. The zero-order valence-electron chi connectivity index (χ0n) is 26.6. The van der Waals surface area contributed by atoms with Gasteiger partial charge in [-0.25, -0.2) is 0 Å². The molecule has 0 N–H and O–H groups in total. The molecule has 2 unspecified atom stereocenters. The van der Waals surface area contributed by atoms with Crippen molar-refractivity contribution in [2.75, 3.05) is 46.2 Å². The summed E-state index contributed by atoms with van der Waals surface area (Å²) < 4.78 is 38.0. The number of aliphatic imine (C=N–C) groups is 2. The van der Waals surface area contributed by atoms with E-state index in [1.54, 1.807) is 0 Å². The number of rotatable bonds is 24. The van der Waals surface area contributed by atoms with Gasteiger partial charge >= 0.3 is 17.6 Å². The number of hydrogen-bond acceptors (Lipinski definition) is 8. The Bertz CT molecular complexity index is 629. The van der Waals surface area contributed by atoms with Gasteiger partial charge in [-0.15, -0.1) is 0 Å². The molecule has 0 saturated heterocycles. The first-order chi connectivity index (χ1) is 18.1. The van der Waals surface area contributed by atoms with Crippen LogP contribution in [-0.4, -0.2) is 81.3 Å². The smallest absolute Gasteiger partial charge is 0.374 e. The quantitative estimate of drug-likeness (QED) is 0.0911. The van der Waals surface area contributed by atoms with Crippen LogP contribution in [-0.2, 0) is 26.6 Å². The normalized spacial score (nSPS) is 15.4. The molecule has 0 fully saturated rings. The van der Waals surface area contributed by atoms with Gasteiger partial charge in [-0.1, -0.05) is 20.8 Å². The van der Waals surface area contributed by atoms with E-state index in [-0.39, 0.29) is 11.6 Å². The molecule has 0 amide bonds. The summed E-state index contributed by atoms with van der Waals surface area (Å²) in [6.07, 6.45) is 3.40. The van der Waals surface area contributed by atoms with E-state index in [4.69, 9.17) is 36.5 Å². The molecular formula is C28H60N2O6Si2. The van der Waals surface area contributed by atoms with Crippen LogP contribution in [0.5, 0.6) is 0 Å². The lowest BCUT2D eigenvalue weighted by Crippen LogP contribution is -2.54. The summed E-state index contributed by atoms with van der Waals surface area (Å²) in [7, 11) is -5.97. The van der Waals surface area contributed by atoms with Crippen LogP contribution in [0.1, 0.15) is 102 Å². The van der Waals surface area contributed by atoms with Crippen LogP contribution < -0.4 is 0 Å². The predicted molar refractivity (Wildman–Crippen MR) is 164 cm³/mol. The van der Waals surface area contributed by atoms with Crippen LogP contribution in [0, 0.1) is 5.92 Å². The lowest BCUT2D eigenvalue weighted by atomic mass is 10.1. The molecule has 226 valence electrons. The summed E-state index contributed by atoms with van der Waals surface area (Å²) in [6, 6.07) is 0.587. The molecule has 0 saturated carbocycles. The van der Waals surface area contributed by atoms with Crippen molar-refractivity contribution >= 4 is 29.0 Å². The summed E-state index contributed by atoms with van der Waals surface area (Å²) in [5.74, 6) is 0.520. The Morgan fingerprint density at radius 1 is 0.658 bits per heavy atom. The van der Waals surface area contributed by atoms with E-state index in [0.29, 0.717) is 58.1 Å². The van der Waals surface area contributed by atoms with E-state index in [2.05, 4.69) is 34.6 Å². The molecule has 0 bridgehead atoms. The van der Waals surface area contributed by atoms with Crippen molar-refractivity contribution < 1.29 is 26.6 Å². The highest BCUT2D eigenvalue weighted by atomic mass is 28.4. The molecule has 0 aromatic rings. The second kappa shape index (κ2) is 21.3. The van der Waals surface area contributed by atoms with Crippen LogP contribution >= 0.6 is 0 Å². The third-order valence-electron chi connectivity index (χ3n) is 6.22. The maximum Gasteiger partial charge on any atom is 0.506 e. The zero-order chi connectivity index (χ0) is 29.0. The van der Waals surface area contributed by atoms with Crippen LogP contribution in [0.25, 0.3) is 0 Å². The van der Waals surface area contributed by atoms with Crippen LogP contribution in [0.2, 0.25) is 11.6 Å². The third-order valence-corrected chi connectivity index (χ3v) is 13.0. The van der Waals surface area contributed by atoms with Crippen molar-refractivity contribution in [1.29, 1.82) is 0 Å². The molecule has 38 heavy (non-hydrogen) atoms. The molecule has 0 rings (SSSR count). The van der Waals surface area contributed by atoms with E-state index in [1.165, 1.54) is 0 Å². The molecule has 0 spiro atoms. The molecule has 10 heteroatoms. The average molecular weight is 577 g/mol. The Labute approximate surface area is 237 Å². The lowest BCUT2D eigenvalue weighted by Gasteiger charge is -2.39. The fourth-order valence-electron chi connectivity index (χ4n) is 4.77. The first kappa shape index (κ1) is 37.5. The van der Waals surface area contributed by atoms with Crippen molar-refractivity contribution in [1.82, 2.24) is 0 Å². The first-order valence-corrected chi connectivity index (χ1v) is 18.7. The topological polar surface area (TPSA) is 80.1 Å². The van der Waals surface area contributed by atoms with Crippen molar-refractivity contribution in [3.8, 4) is 0 Å². The van der Waals surface area contributed by atoms with E-state index in [0.717, 1.165) is 37.1 Å². The summed E-state index contributed by atoms with van der Waals surface area (Å²) in [6.45, 7) is 26.7. The van der Waals surface area contributed by atoms with E-state index < -0.39 is 17.6 Å². The van der Waals surface area contributed by atoms with Gasteiger partial charge in [0.2, 0.25) is 0 Å². The Kier molecular flexibility index (Phi) is 21.0. The van der Waals surface area contributed by atoms with Gasteiger partial charge in [0.15, 0.2) is 0 Å². The van der Waals surface area contributed by atoms with Crippen LogP contribution in [0.4, 0.5) is 0 Å². The van der Waals surface area contributed by atoms with Gasteiger partial charge in [0, 0.05) is 63.7 Å². The zero-order valence-corrected chi connectivity index (χ0v) is 28.6. The minimum absolute atomic E-state index is 0.0468. The molecule has 0 heterocycles. The van der Waals surface area contributed by atoms with Crippen molar-refractivity contribution in [2.24, 2.45) is 15.9 Å². The molecule has 0 aliphatic heterocycles. The second-order valence-electron chi connectivity index (χ2n) is 9.82. The highest BCUT2D eigenvalue weighted by Gasteiger charge is 2.53. The third kappa shape index (κ3) is 13.7. The second-order valence-corrected chi connectivity index (χ2v) is 15.4. The molecule has 0 aromatic heterocycles. The Balaban J connectivity index is 6.72. The van der Waals surface area contributed by atoms with Crippen molar-refractivity contribution in [3.05, 3.63) is 0 Å². The number of hydrogen-bond donors (Lipinski definition) is 0. The standard InChI is InChI=1S/C28H60N2O6Si2/c1-12-25(10)29-21-19-28(38(34-16-5,35-17-6)36-18-7)27(30-26(11)23-24(8)9)20-22-37(31-13-2,32-14-3)33-15-4/h24,27-28H,12-23H2,1-11H3. The highest BCUT2D eigenvalue weighted by Crippen LogP contribution is 2.38. The molecule has 0 aliphatic rings. The van der Waals surface area contributed by atoms with Crippen molar-refractivity contribution in [2.45, 2.75) is 119 Å². The molecular weight excluding hydrogens is 516 g/mol.